The van der Waals surface area contributed by atoms with Crippen molar-refractivity contribution in [3.8, 4) is 0 Å². The van der Waals surface area contributed by atoms with Crippen LogP contribution in [0, 0.1) is 12.7 Å². The summed E-state index contributed by atoms with van der Waals surface area (Å²) in [5.41, 5.74) is 2.80. The Labute approximate surface area is 94.9 Å². The van der Waals surface area contributed by atoms with E-state index < -0.39 is 0 Å². The van der Waals surface area contributed by atoms with Crippen molar-refractivity contribution in [3.05, 3.63) is 35.3 Å². The van der Waals surface area contributed by atoms with Crippen molar-refractivity contribution in [2.75, 3.05) is 0 Å². The number of hydrogen-bond acceptors (Lipinski definition) is 1. The summed E-state index contributed by atoms with van der Waals surface area (Å²) >= 11 is 0. The normalized spacial score (nSPS) is 11.6. The molecule has 2 nitrogen and oxygen atoms in total. The van der Waals surface area contributed by atoms with Gasteiger partial charge >= 0.3 is 0 Å². The summed E-state index contributed by atoms with van der Waals surface area (Å²) in [6.07, 6.45) is 0. The largest absolute Gasteiger partial charge is 0.356 e. The molecule has 3 heteroatoms. The molecule has 0 saturated heterocycles. The molecule has 0 aliphatic heterocycles. The van der Waals surface area contributed by atoms with Crippen LogP contribution in [0.15, 0.2) is 18.2 Å². The Morgan fingerprint density at radius 3 is 2.81 bits per heavy atom. The highest BCUT2D eigenvalue weighted by atomic mass is 19.1. The number of fused-ring (bicyclic) bond motifs is 1. The van der Waals surface area contributed by atoms with Crippen molar-refractivity contribution < 1.29 is 4.39 Å². The SMILES string of the molecule is Cc1[nH]c2c(F)cccc2c1CNC(C)C. The van der Waals surface area contributed by atoms with E-state index in [-0.39, 0.29) is 5.82 Å². The molecular formula is C13H17FN2. The molecule has 2 aromatic rings. The standard InChI is InChI=1S/C13H17FN2/c1-8(2)15-7-11-9(3)16-13-10(11)5-4-6-12(13)14/h4-6,8,15-16H,7H2,1-3H3. The van der Waals surface area contributed by atoms with E-state index in [0.717, 1.165) is 23.2 Å². The lowest BCUT2D eigenvalue weighted by Gasteiger charge is -2.08. The molecule has 1 heterocycles. The average molecular weight is 220 g/mol. The van der Waals surface area contributed by atoms with Crippen LogP contribution in [-0.2, 0) is 6.54 Å². The Morgan fingerprint density at radius 1 is 1.38 bits per heavy atom. The fourth-order valence-electron chi connectivity index (χ4n) is 1.90. The number of nitrogens with one attached hydrogen (secondary N) is 2. The molecule has 16 heavy (non-hydrogen) atoms. The van der Waals surface area contributed by atoms with Gasteiger partial charge in [-0.3, -0.25) is 0 Å². The van der Waals surface area contributed by atoms with Crippen LogP contribution in [0.25, 0.3) is 10.9 Å². The van der Waals surface area contributed by atoms with Gasteiger partial charge in [-0.2, -0.15) is 0 Å². The van der Waals surface area contributed by atoms with E-state index in [1.54, 1.807) is 6.07 Å². The zero-order valence-corrected chi connectivity index (χ0v) is 9.89. The first-order valence-corrected chi connectivity index (χ1v) is 5.58. The lowest BCUT2D eigenvalue weighted by atomic mass is 10.1. The Hall–Kier alpha value is -1.35. The highest BCUT2D eigenvalue weighted by Crippen LogP contribution is 2.24. The van der Waals surface area contributed by atoms with E-state index in [9.17, 15) is 4.39 Å². The van der Waals surface area contributed by atoms with Crippen molar-refractivity contribution in [2.24, 2.45) is 0 Å². The molecule has 0 atom stereocenters. The molecule has 1 aromatic carbocycles. The molecule has 0 unspecified atom stereocenters. The fourth-order valence-corrected chi connectivity index (χ4v) is 1.90. The van der Waals surface area contributed by atoms with Crippen LogP contribution < -0.4 is 5.32 Å². The number of hydrogen-bond donors (Lipinski definition) is 2. The third-order valence-electron chi connectivity index (χ3n) is 2.79. The number of aryl methyl sites for hydroxylation is 1. The topological polar surface area (TPSA) is 27.8 Å². The second-order valence-corrected chi connectivity index (χ2v) is 4.43. The molecule has 0 spiro atoms. The summed E-state index contributed by atoms with van der Waals surface area (Å²) in [6.45, 7) is 6.96. The highest BCUT2D eigenvalue weighted by molar-refractivity contribution is 5.85. The van der Waals surface area contributed by atoms with Gasteiger partial charge in [-0.05, 0) is 18.6 Å². The number of H-pyrrole nitrogens is 1. The molecule has 0 aliphatic rings. The maximum Gasteiger partial charge on any atom is 0.147 e. The van der Waals surface area contributed by atoms with Crippen LogP contribution in [0.3, 0.4) is 0 Å². The number of benzene rings is 1. The van der Waals surface area contributed by atoms with E-state index >= 15 is 0 Å². The minimum atomic E-state index is -0.184. The van der Waals surface area contributed by atoms with Crippen LogP contribution in [0.5, 0.6) is 0 Å². The van der Waals surface area contributed by atoms with Crippen molar-refractivity contribution in [1.29, 1.82) is 0 Å². The van der Waals surface area contributed by atoms with Crippen LogP contribution in [0.1, 0.15) is 25.1 Å². The molecule has 0 saturated carbocycles. The highest BCUT2D eigenvalue weighted by Gasteiger charge is 2.10. The number of rotatable bonds is 3. The van der Waals surface area contributed by atoms with Gasteiger partial charge < -0.3 is 10.3 Å². The average Bonchev–Trinajstić information content (AvgIpc) is 2.53. The molecule has 0 amide bonds. The predicted octanol–water partition coefficient (Wildman–Crippen LogP) is 3.11. The van der Waals surface area contributed by atoms with Crippen LogP contribution in [0.2, 0.25) is 0 Å². The number of halogens is 1. The van der Waals surface area contributed by atoms with E-state index in [0.29, 0.717) is 11.6 Å². The molecule has 0 bridgehead atoms. The third-order valence-corrected chi connectivity index (χ3v) is 2.79. The Balaban J connectivity index is 2.44. The van der Waals surface area contributed by atoms with Gasteiger partial charge in [0.15, 0.2) is 0 Å². The van der Waals surface area contributed by atoms with Crippen molar-refractivity contribution >= 4 is 10.9 Å². The quantitative estimate of drug-likeness (QED) is 0.817. The summed E-state index contributed by atoms with van der Waals surface area (Å²) < 4.78 is 13.5. The van der Waals surface area contributed by atoms with Gasteiger partial charge in [0.2, 0.25) is 0 Å². The second-order valence-electron chi connectivity index (χ2n) is 4.43. The predicted molar refractivity (Wildman–Crippen MR) is 65.0 cm³/mol. The van der Waals surface area contributed by atoms with Gasteiger partial charge in [0.05, 0.1) is 5.52 Å². The van der Waals surface area contributed by atoms with E-state index in [2.05, 4.69) is 24.1 Å². The maximum absolute atomic E-state index is 13.5. The van der Waals surface area contributed by atoms with Gasteiger partial charge in [0, 0.05) is 23.7 Å². The zero-order chi connectivity index (χ0) is 11.7. The first kappa shape index (κ1) is 11.1. The summed E-state index contributed by atoms with van der Waals surface area (Å²) in [5.74, 6) is -0.184. The Morgan fingerprint density at radius 2 is 2.12 bits per heavy atom. The number of aromatic amines is 1. The first-order chi connectivity index (χ1) is 7.59. The van der Waals surface area contributed by atoms with Gasteiger partial charge in [-0.25, -0.2) is 4.39 Å². The van der Waals surface area contributed by atoms with Crippen molar-refractivity contribution in [2.45, 2.75) is 33.4 Å². The summed E-state index contributed by atoms with van der Waals surface area (Å²) in [6, 6.07) is 5.62. The monoisotopic (exact) mass is 220 g/mol. The molecule has 0 aliphatic carbocycles. The van der Waals surface area contributed by atoms with Gasteiger partial charge in [-0.1, -0.05) is 26.0 Å². The number of para-hydroxylation sites is 1. The molecule has 0 fully saturated rings. The smallest absolute Gasteiger partial charge is 0.147 e. The molecule has 1 aromatic heterocycles. The summed E-state index contributed by atoms with van der Waals surface area (Å²) in [7, 11) is 0. The van der Waals surface area contributed by atoms with Crippen molar-refractivity contribution in [1.82, 2.24) is 10.3 Å². The molecular weight excluding hydrogens is 203 g/mol. The molecule has 86 valence electrons. The first-order valence-electron chi connectivity index (χ1n) is 5.58. The minimum absolute atomic E-state index is 0.184. The van der Waals surface area contributed by atoms with Crippen LogP contribution in [0.4, 0.5) is 4.39 Å². The van der Waals surface area contributed by atoms with Crippen LogP contribution in [-0.4, -0.2) is 11.0 Å². The zero-order valence-electron chi connectivity index (χ0n) is 9.89. The van der Waals surface area contributed by atoms with Gasteiger partial charge in [-0.15, -0.1) is 0 Å². The molecule has 2 rings (SSSR count). The van der Waals surface area contributed by atoms with Crippen LogP contribution >= 0.6 is 0 Å². The number of aromatic nitrogens is 1. The van der Waals surface area contributed by atoms with Gasteiger partial charge in [0.1, 0.15) is 5.82 Å². The second kappa shape index (κ2) is 4.26. The minimum Gasteiger partial charge on any atom is -0.356 e. The molecule has 2 N–H and O–H groups in total. The van der Waals surface area contributed by atoms with Crippen molar-refractivity contribution in [3.63, 3.8) is 0 Å². The summed E-state index contributed by atoms with van der Waals surface area (Å²) in [4.78, 5) is 3.10. The Kier molecular flexibility index (Phi) is 2.97. The fraction of sp³-hybridized carbons (Fsp3) is 0.385. The third kappa shape index (κ3) is 1.95. The lowest BCUT2D eigenvalue weighted by Crippen LogP contribution is -2.22. The van der Waals surface area contributed by atoms with E-state index in [4.69, 9.17) is 0 Å². The molecule has 0 radical (unpaired) electrons. The van der Waals surface area contributed by atoms with Gasteiger partial charge in [0.25, 0.3) is 0 Å². The van der Waals surface area contributed by atoms with E-state index in [1.165, 1.54) is 6.07 Å². The Bertz CT molecular complexity index is 500. The van der Waals surface area contributed by atoms with E-state index in [1.807, 2.05) is 13.0 Å². The maximum atomic E-state index is 13.5. The summed E-state index contributed by atoms with van der Waals surface area (Å²) in [5, 5.41) is 4.34. The lowest BCUT2D eigenvalue weighted by molar-refractivity contribution is 0.589.